The highest BCUT2D eigenvalue weighted by molar-refractivity contribution is 5.90. The number of anilines is 1. The zero-order valence-corrected chi connectivity index (χ0v) is 12.1. The summed E-state index contributed by atoms with van der Waals surface area (Å²) in [5.41, 5.74) is 1.86. The molecule has 0 amide bonds. The molecule has 0 bridgehead atoms. The molecule has 1 N–H and O–H groups in total. The number of carbonyl (C=O) groups excluding carboxylic acids is 1. The predicted molar refractivity (Wildman–Crippen MR) is 81.1 cm³/mol. The van der Waals surface area contributed by atoms with Gasteiger partial charge in [-0.2, -0.15) is 0 Å². The molecule has 0 aliphatic rings. The maximum atomic E-state index is 13.5. The lowest BCUT2D eigenvalue weighted by Gasteiger charge is -2.14. The number of nitrogens with one attached hydrogen (secondary N) is 1. The van der Waals surface area contributed by atoms with Crippen molar-refractivity contribution >= 4 is 11.7 Å². The molecule has 0 radical (unpaired) electrons. The van der Waals surface area contributed by atoms with Gasteiger partial charge in [-0.15, -0.1) is 0 Å². The van der Waals surface area contributed by atoms with Crippen LogP contribution < -0.4 is 5.32 Å². The van der Waals surface area contributed by atoms with Crippen LogP contribution in [0.5, 0.6) is 0 Å². The standard InChI is InChI=1S/C17H18FNO2/c1-12(13-6-4-3-5-7-13)11-19-14-8-9-16(18)15(10-14)17(20)21-2/h3-10,12,19H,11H2,1-2H3. The van der Waals surface area contributed by atoms with Crippen LogP contribution in [0.3, 0.4) is 0 Å². The fraction of sp³-hybridized carbons (Fsp3) is 0.235. The first-order valence-corrected chi connectivity index (χ1v) is 6.78. The Labute approximate surface area is 123 Å². The normalized spacial score (nSPS) is 11.8. The third kappa shape index (κ3) is 3.81. The molecule has 1 unspecified atom stereocenters. The fourth-order valence-electron chi connectivity index (χ4n) is 2.07. The van der Waals surface area contributed by atoms with Gasteiger partial charge >= 0.3 is 5.97 Å². The number of rotatable bonds is 5. The maximum absolute atomic E-state index is 13.5. The van der Waals surface area contributed by atoms with E-state index in [0.29, 0.717) is 18.2 Å². The Hall–Kier alpha value is -2.36. The average Bonchev–Trinajstić information content (AvgIpc) is 2.53. The van der Waals surface area contributed by atoms with Gasteiger partial charge in [0.1, 0.15) is 5.82 Å². The molecule has 0 aliphatic carbocycles. The van der Waals surface area contributed by atoms with E-state index in [-0.39, 0.29) is 5.56 Å². The summed E-state index contributed by atoms with van der Waals surface area (Å²) in [4.78, 5) is 11.5. The molecule has 2 aromatic carbocycles. The topological polar surface area (TPSA) is 38.3 Å². The van der Waals surface area contributed by atoms with Crippen molar-refractivity contribution in [3.63, 3.8) is 0 Å². The van der Waals surface area contributed by atoms with Crippen molar-refractivity contribution in [1.29, 1.82) is 0 Å². The Bertz CT molecular complexity index is 613. The smallest absolute Gasteiger partial charge is 0.340 e. The molecule has 0 saturated heterocycles. The predicted octanol–water partition coefficient (Wildman–Crippen LogP) is 3.83. The Kier molecular flexibility index (Phi) is 4.93. The van der Waals surface area contributed by atoms with Crippen LogP contribution >= 0.6 is 0 Å². The second-order valence-corrected chi connectivity index (χ2v) is 4.88. The molecule has 0 saturated carbocycles. The summed E-state index contributed by atoms with van der Waals surface area (Å²) in [6, 6.07) is 14.5. The van der Waals surface area contributed by atoms with Crippen LogP contribution in [0.2, 0.25) is 0 Å². The van der Waals surface area contributed by atoms with Gasteiger partial charge in [0.2, 0.25) is 0 Å². The van der Waals surface area contributed by atoms with E-state index in [2.05, 4.69) is 29.1 Å². The largest absolute Gasteiger partial charge is 0.465 e. The number of hydrogen-bond acceptors (Lipinski definition) is 3. The highest BCUT2D eigenvalue weighted by Crippen LogP contribution is 2.19. The summed E-state index contributed by atoms with van der Waals surface area (Å²) in [5.74, 6) is -0.950. The van der Waals surface area contributed by atoms with Crippen molar-refractivity contribution in [3.05, 3.63) is 65.5 Å². The van der Waals surface area contributed by atoms with E-state index in [4.69, 9.17) is 0 Å². The van der Waals surface area contributed by atoms with Gasteiger partial charge in [-0.3, -0.25) is 0 Å². The van der Waals surface area contributed by atoms with Crippen molar-refractivity contribution in [2.75, 3.05) is 19.0 Å². The summed E-state index contributed by atoms with van der Waals surface area (Å²) in [6.07, 6.45) is 0. The highest BCUT2D eigenvalue weighted by atomic mass is 19.1. The van der Waals surface area contributed by atoms with Gasteiger partial charge < -0.3 is 10.1 Å². The number of benzene rings is 2. The first-order chi connectivity index (χ1) is 10.1. The summed E-state index contributed by atoms with van der Waals surface area (Å²) in [5, 5.41) is 3.22. The molecule has 0 aliphatic heterocycles. The van der Waals surface area contributed by atoms with Crippen LogP contribution in [0.15, 0.2) is 48.5 Å². The van der Waals surface area contributed by atoms with Crippen LogP contribution in [-0.4, -0.2) is 19.6 Å². The number of hydrogen-bond donors (Lipinski definition) is 1. The molecule has 0 spiro atoms. The van der Waals surface area contributed by atoms with Crippen molar-refractivity contribution in [1.82, 2.24) is 0 Å². The second-order valence-electron chi connectivity index (χ2n) is 4.88. The lowest BCUT2D eigenvalue weighted by molar-refractivity contribution is 0.0595. The second kappa shape index (κ2) is 6.88. The van der Waals surface area contributed by atoms with E-state index in [1.165, 1.54) is 24.8 Å². The number of esters is 1. The van der Waals surface area contributed by atoms with E-state index in [1.54, 1.807) is 6.07 Å². The van der Waals surface area contributed by atoms with E-state index >= 15 is 0 Å². The fourth-order valence-corrected chi connectivity index (χ4v) is 2.07. The minimum Gasteiger partial charge on any atom is -0.465 e. The molecule has 3 nitrogen and oxygen atoms in total. The number of ether oxygens (including phenoxy) is 1. The van der Waals surface area contributed by atoms with Crippen molar-refractivity contribution in [2.24, 2.45) is 0 Å². The zero-order chi connectivity index (χ0) is 15.2. The molecule has 0 aromatic heterocycles. The molecule has 4 heteroatoms. The summed E-state index contributed by atoms with van der Waals surface area (Å²) < 4.78 is 18.1. The van der Waals surface area contributed by atoms with Crippen LogP contribution in [0.4, 0.5) is 10.1 Å². The molecule has 1 atom stereocenters. The highest BCUT2D eigenvalue weighted by Gasteiger charge is 2.13. The van der Waals surface area contributed by atoms with Crippen LogP contribution in [0.1, 0.15) is 28.8 Å². The first-order valence-electron chi connectivity index (χ1n) is 6.78. The van der Waals surface area contributed by atoms with Crippen molar-refractivity contribution in [2.45, 2.75) is 12.8 Å². The van der Waals surface area contributed by atoms with Gasteiger partial charge in [0, 0.05) is 12.2 Å². The zero-order valence-electron chi connectivity index (χ0n) is 12.1. The van der Waals surface area contributed by atoms with Gasteiger partial charge in [-0.1, -0.05) is 37.3 Å². The van der Waals surface area contributed by atoms with Crippen LogP contribution in [-0.2, 0) is 4.74 Å². The van der Waals surface area contributed by atoms with Gasteiger partial charge in [-0.25, -0.2) is 9.18 Å². The Balaban J connectivity index is 2.05. The number of carbonyl (C=O) groups is 1. The van der Waals surface area contributed by atoms with Crippen LogP contribution in [0.25, 0.3) is 0 Å². The maximum Gasteiger partial charge on any atom is 0.340 e. The summed E-state index contributed by atoms with van der Waals surface area (Å²) in [7, 11) is 1.24. The summed E-state index contributed by atoms with van der Waals surface area (Å²) >= 11 is 0. The van der Waals surface area contributed by atoms with Crippen LogP contribution in [0, 0.1) is 5.82 Å². The Morgan fingerprint density at radius 2 is 1.95 bits per heavy atom. The molecular formula is C17H18FNO2. The number of methoxy groups -OCH3 is 1. The minimum absolute atomic E-state index is 0.0603. The molecule has 2 rings (SSSR count). The lowest BCUT2D eigenvalue weighted by atomic mass is 10.0. The number of halogens is 1. The SMILES string of the molecule is COC(=O)c1cc(NCC(C)c2ccccc2)ccc1F. The van der Waals surface area contributed by atoms with E-state index in [0.717, 1.165) is 0 Å². The minimum atomic E-state index is -0.674. The van der Waals surface area contributed by atoms with Gasteiger partial charge in [0.15, 0.2) is 0 Å². The Morgan fingerprint density at radius 1 is 1.24 bits per heavy atom. The molecule has 0 heterocycles. The van der Waals surface area contributed by atoms with Gasteiger partial charge in [-0.05, 0) is 29.7 Å². The van der Waals surface area contributed by atoms with Gasteiger partial charge in [0.25, 0.3) is 0 Å². The Morgan fingerprint density at radius 3 is 2.62 bits per heavy atom. The third-order valence-corrected chi connectivity index (χ3v) is 3.35. The molecular weight excluding hydrogens is 269 g/mol. The monoisotopic (exact) mass is 287 g/mol. The van der Waals surface area contributed by atoms with Crippen molar-refractivity contribution in [3.8, 4) is 0 Å². The third-order valence-electron chi connectivity index (χ3n) is 3.35. The van der Waals surface area contributed by atoms with E-state index < -0.39 is 11.8 Å². The van der Waals surface area contributed by atoms with E-state index in [1.807, 2.05) is 18.2 Å². The first kappa shape index (κ1) is 15.0. The molecule has 0 fully saturated rings. The average molecular weight is 287 g/mol. The van der Waals surface area contributed by atoms with E-state index in [9.17, 15) is 9.18 Å². The molecule has 21 heavy (non-hydrogen) atoms. The van der Waals surface area contributed by atoms with Crippen molar-refractivity contribution < 1.29 is 13.9 Å². The lowest BCUT2D eigenvalue weighted by Crippen LogP contribution is -2.11. The quantitative estimate of drug-likeness (QED) is 0.849. The molecule has 2 aromatic rings. The molecule has 110 valence electrons. The summed E-state index contributed by atoms with van der Waals surface area (Å²) in [6.45, 7) is 2.79. The van der Waals surface area contributed by atoms with Gasteiger partial charge in [0.05, 0.1) is 12.7 Å².